The van der Waals surface area contributed by atoms with Crippen molar-refractivity contribution in [2.75, 3.05) is 14.2 Å². The Labute approximate surface area is 243 Å². The van der Waals surface area contributed by atoms with E-state index in [0.717, 1.165) is 41.0 Å². The zero-order chi connectivity index (χ0) is 32.1. The topological polar surface area (TPSA) is 83.8 Å². The van der Waals surface area contributed by atoms with E-state index in [-0.39, 0.29) is 39.2 Å². The first-order valence-corrected chi connectivity index (χ1v) is 13.5. The number of nitrogens with zero attached hydrogens (tertiary/aromatic N) is 1. The van der Waals surface area contributed by atoms with Crippen molar-refractivity contribution in [3.8, 4) is 34.1 Å². The number of aromatic nitrogens is 1. The zero-order valence-corrected chi connectivity index (χ0v) is 23.0. The third-order valence-electron chi connectivity index (χ3n) is 6.49. The largest absolute Gasteiger partial charge is 0.495 e. The summed E-state index contributed by atoms with van der Waals surface area (Å²) in [7, 11) is -2.72. The van der Waals surface area contributed by atoms with Gasteiger partial charge in [0.15, 0.2) is 11.6 Å². The predicted molar refractivity (Wildman–Crippen MR) is 142 cm³/mol. The van der Waals surface area contributed by atoms with Gasteiger partial charge in [-0.05, 0) is 48.0 Å². The number of methoxy groups -OCH3 is 2. The molecule has 0 fully saturated rings. The molecule has 228 valence electrons. The van der Waals surface area contributed by atoms with Crippen molar-refractivity contribution < 1.29 is 52.8 Å². The van der Waals surface area contributed by atoms with Crippen molar-refractivity contribution in [1.29, 1.82) is 0 Å². The number of halogens is 7. The van der Waals surface area contributed by atoms with Gasteiger partial charge in [0.25, 0.3) is 5.56 Å². The molecule has 1 aromatic heterocycles. The first-order chi connectivity index (χ1) is 20.8. The monoisotopic (exact) mass is 639 g/mol. The minimum absolute atomic E-state index is 0.00138. The highest BCUT2D eigenvalue weighted by Gasteiger charge is 2.31. The number of hydrogen-bond acceptors (Lipinski definition) is 6. The van der Waals surface area contributed by atoms with Crippen molar-refractivity contribution in [2.24, 2.45) is 0 Å². The Hall–Kier alpha value is -5.05. The van der Waals surface area contributed by atoms with Crippen LogP contribution in [0.5, 0.6) is 17.2 Å². The molecule has 0 N–H and O–H groups in total. The van der Waals surface area contributed by atoms with Crippen molar-refractivity contribution in [1.82, 2.24) is 4.57 Å². The summed E-state index contributed by atoms with van der Waals surface area (Å²) in [6, 6.07) is 10.8. The quantitative estimate of drug-likeness (QED) is 0.0886. The van der Waals surface area contributed by atoms with Gasteiger partial charge < -0.3 is 13.7 Å². The first-order valence-electron chi connectivity index (χ1n) is 12.1. The number of benzene rings is 4. The minimum atomic E-state index is -5.19. The van der Waals surface area contributed by atoms with Crippen molar-refractivity contribution in [3.05, 3.63) is 112 Å². The second-order valence-corrected chi connectivity index (χ2v) is 10.6. The molecule has 0 atom stereocenters. The average molecular weight is 640 g/mol. The number of hydrogen-bond donors (Lipinski definition) is 0. The number of pyridine rings is 1. The molecular formula is C29H16F7NO6S. The lowest BCUT2D eigenvalue weighted by Crippen LogP contribution is -2.19. The highest BCUT2D eigenvalue weighted by Crippen LogP contribution is 2.36. The lowest BCUT2D eigenvalue weighted by Gasteiger charge is -2.17. The van der Waals surface area contributed by atoms with Crippen LogP contribution in [0, 0.1) is 40.7 Å². The van der Waals surface area contributed by atoms with E-state index in [1.54, 1.807) is 0 Å². The van der Waals surface area contributed by atoms with Crippen LogP contribution in [0.4, 0.5) is 30.7 Å². The molecule has 44 heavy (non-hydrogen) atoms. The third-order valence-corrected chi connectivity index (χ3v) is 7.71. The van der Waals surface area contributed by atoms with E-state index < -0.39 is 67.0 Å². The number of rotatable bonds is 7. The maximum absolute atomic E-state index is 15.4. The Morgan fingerprint density at radius 2 is 1.30 bits per heavy atom. The first kappa shape index (κ1) is 30.4. The van der Waals surface area contributed by atoms with Gasteiger partial charge in [0.2, 0.25) is 34.8 Å². The molecule has 0 bridgehead atoms. The van der Waals surface area contributed by atoms with Gasteiger partial charge in [0, 0.05) is 23.1 Å². The summed E-state index contributed by atoms with van der Waals surface area (Å²) < 4.78 is 139. The van der Waals surface area contributed by atoms with Crippen LogP contribution in [0.1, 0.15) is 0 Å². The second-order valence-electron chi connectivity index (χ2n) is 9.02. The van der Waals surface area contributed by atoms with Crippen LogP contribution in [0.2, 0.25) is 0 Å². The van der Waals surface area contributed by atoms with Gasteiger partial charge in [-0.3, -0.25) is 9.36 Å². The fraction of sp³-hybridized carbons (Fsp3) is 0.0690. The molecule has 7 nitrogen and oxygen atoms in total. The van der Waals surface area contributed by atoms with E-state index >= 15 is 4.39 Å². The molecule has 0 aliphatic rings. The molecule has 0 unspecified atom stereocenters. The van der Waals surface area contributed by atoms with Crippen molar-refractivity contribution in [3.63, 3.8) is 0 Å². The molecule has 1 heterocycles. The lowest BCUT2D eigenvalue weighted by atomic mass is 10.0. The van der Waals surface area contributed by atoms with Gasteiger partial charge in [-0.2, -0.15) is 17.2 Å². The van der Waals surface area contributed by atoms with E-state index in [4.69, 9.17) is 9.47 Å². The second kappa shape index (κ2) is 11.2. The van der Waals surface area contributed by atoms with Gasteiger partial charge in [0.1, 0.15) is 16.5 Å². The van der Waals surface area contributed by atoms with Gasteiger partial charge in [0.05, 0.1) is 25.4 Å². The van der Waals surface area contributed by atoms with E-state index in [1.165, 1.54) is 38.5 Å². The van der Waals surface area contributed by atoms with Gasteiger partial charge in [-0.15, -0.1) is 0 Å². The standard InChI is InChI=1S/C29H16F7NO6S/c1-41-21-10-13(3-6-17(21)30)16-11-22(42-2)20(12-18(16)31)37-19-7-5-15(9-14(19)4-8-23(37)38)44(39,40)43-29-27(35)25(33)24(32)26(34)28(29)36/h3-12H,1-2H3. The summed E-state index contributed by atoms with van der Waals surface area (Å²) in [6.45, 7) is 0. The predicted octanol–water partition coefficient (Wildman–Crippen LogP) is 6.42. The SMILES string of the molecule is COc1cc(-c2cc(OC)c(-n3c(=O)ccc4cc(S(=O)(=O)Oc5c(F)c(F)c(F)c(F)c5F)ccc43)cc2F)ccc1F. The van der Waals surface area contributed by atoms with E-state index in [0.29, 0.717) is 0 Å². The Bertz CT molecular complexity index is 2120. The molecule has 0 aliphatic carbocycles. The lowest BCUT2D eigenvalue weighted by molar-refractivity contribution is 0.346. The maximum Gasteiger partial charge on any atom is 0.339 e. The maximum atomic E-state index is 15.4. The van der Waals surface area contributed by atoms with Gasteiger partial charge >= 0.3 is 10.1 Å². The van der Waals surface area contributed by atoms with Crippen LogP contribution in [0.25, 0.3) is 27.7 Å². The van der Waals surface area contributed by atoms with Gasteiger partial charge in [-0.25, -0.2) is 22.0 Å². The summed E-state index contributed by atoms with van der Waals surface area (Å²) in [5.41, 5.74) is -0.636. The molecule has 0 aliphatic heterocycles. The van der Waals surface area contributed by atoms with Crippen molar-refractivity contribution in [2.45, 2.75) is 4.90 Å². The Morgan fingerprint density at radius 3 is 1.93 bits per heavy atom. The normalized spacial score (nSPS) is 11.6. The summed E-state index contributed by atoms with van der Waals surface area (Å²) in [6.07, 6.45) is 0. The Morgan fingerprint density at radius 1 is 0.659 bits per heavy atom. The molecule has 5 rings (SSSR count). The van der Waals surface area contributed by atoms with Crippen LogP contribution < -0.4 is 19.2 Å². The van der Waals surface area contributed by atoms with Crippen molar-refractivity contribution >= 4 is 21.0 Å². The molecule has 15 heteroatoms. The summed E-state index contributed by atoms with van der Waals surface area (Å²) in [5, 5.41) is 0.00138. The molecule has 0 spiro atoms. The van der Waals surface area contributed by atoms with Crippen LogP contribution >= 0.6 is 0 Å². The summed E-state index contributed by atoms with van der Waals surface area (Å²) in [4.78, 5) is 12.2. The Kier molecular flexibility index (Phi) is 7.76. The summed E-state index contributed by atoms with van der Waals surface area (Å²) in [5.74, 6) is -16.1. The minimum Gasteiger partial charge on any atom is -0.495 e. The molecule has 0 saturated heterocycles. The fourth-order valence-electron chi connectivity index (χ4n) is 4.37. The summed E-state index contributed by atoms with van der Waals surface area (Å²) >= 11 is 0. The highest BCUT2D eigenvalue weighted by atomic mass is 32.2. The van der Waals surface area contributed by atoms with E-state index in [2.05, 4.69) is 4.18 Å². The van der Waals surface area contributed by atoms with E-state index in [1.807, 2.05) is 0 Å². The third kappa shape index (κ3) is 5.08. The fourth-order valence-corrected chi connectivity index (χ4v) is 5.34. The molecule has 4 aromatic carbocycles. The molecule has 5 aromatic rings. The van der Waals surface area contributed by atoms with Gasteiger partial charge in [-0.1, -0.05) is 6.07 Å². The van der Waals surface area contributed by atoms with Crippen LogP contribution in [-0.2, 0) is 10.1 Å². The smallest absolute Gasteiger partial charge is 0.339 e. The number of fused-ring (bicyclic) bond motifs is 1. The highest BCUT2D eigenvalue weighted by molar-refractivity contribution is 7.87. The molecule has 0 radical (unpaired) electrons. The van der Waals surface area contributed by atoms with Crippen LogP contribution in [0.3, 0.4) is 0 Å². The Balaban J connectivity index is 1.62. The molecule has 0 saturated carbocycles. The zero-order valence-electron chi connectivity index (χ0n) is 22.2. The van der Waals surface area contributed by atoms with Crippen LogP contribution in [-0.4, -0.2) is 27.2 Å². The molecule has 0 amide bonds. The average Bonchev–Trinajstić information content (AvgIpc) is 3.01. The van der Waals surface area contributed by atoms with E-state index in [9.17, 15) is 39.6 Å². The number of ether oxygens (including phenoxy) is 2. The molecular weight excluding hydrogens is 623 g/mol. The van der Waals surface area contributed by atoms with Crippen LogP contribution in [0.15, 0.2) is 70.4 Å².